The second kappa shape index (κ2) is 9.43. The molecule has 174 valence electrons. The van der Waals surface area contributed by atoms with Crippen LogP contribution in [0.5, 0.6) is 5.75 Å². The number of carbonyl (C=O) groups excluding carboxylic acids is 1. The van der Waals surface area contributed by atoms with Crippen molar-refractivity contribution in [2.75, 3.05) is 16.0 Å². The number of pyridine rings is 1. The van der Waals surface area contributed by atoms with E-state index in [4.69, 9.17) is 9.97 Å². The highest BCUT2D eigenvalue weighted by atomic mass is 79.9. The van der Waals surface area contributed by atoms with Gasteiger partial charge in [-0.05, 0) is 48.5 Å². The van der Waals surface area contributed by atoms with Gasteiger partial charge in [0, 0.05) is 35.2 Å². The molecule has 2 aromatic carbocycles. The third kappa shape index (κ3) is 4.92. The molecule has 35 heavy (non-hydrogen) atoms. The number of anilines is 4. The molecule has 0 radical (unpaired) electrons. The number of nitrogens with one attached hydrogen (secondary N) is 3. The molecule has 3 aromatic heterocycles. The van der Waals surface area contributed by atoms with E-state index in [2.05, 4.69) is 36.9 Å². The van der Waals surface area contributed by atoms with Crippen molar-refractivity contribution in [1.82, 2.24) is 19.5 Å². The molecular weight excluding hydrogens is 510 g/mol. The van der Waals surface area contributed by atoms with Crippen molar-refractivity contribution in [2.24, 2.45) is 7.05 Å². The van der Waals surface area contributed by atoms with Gasteiger partial charge in [0.25, 0.3) is 0 Å². The summed E-state index contributed by atoms with van der Waals surface area (Å²) in [6.07, 6.45) is 5.36. The molecule has 0 spiro atoms. The lowest BCUT2D eigenvalue weighted by Crippen LogP contribution is -2.19. The molecule has 0 aliphatic carbocycles. The molecule has 10 heteroatoms. The smallest absolute Gasteiger partial charge is 0.323 e. The van der Waals surface area contributed by atoms with Crippen LogP contribution < -0.4 is 16.0 Å². The number of halogens is 1. The topological polar surface area (TPSA) is 117 Å². The van der Waals surface area contributed by atoms with Crippen molar-refractivity contribution in [3.05, 3.63) is 83.7 Å². The third-order valence-corrected chi connectivity index (χ3v) is 5.72. The van der Waals surface area contributed by atoms with Gasteiger partial charge in [0.05, 0.1) is 23.1 Å². The highest BCUT2D eigenvalue weighted by molar-refractivity contribution is 9.10. The first kappa shape index (κ1) is 22.4. The summed E-state index contributed by atoms with van der Waals surface area (Å²) in [4.78, 5) is 26.2. The van der Waals surface area contributed by atoms with Crippen LogP contribution in [0.1, 0.15) is 0 Å². The Labute approximate surface area is 209 Å². The molecule has 3 heterocycles. The van der Waals surface area contributed by atoms with Crippen LogP contribution in [0.25, 0.3) is 22.4 Å². The zero-order valence-electron chi connectivity index (χ0n) is 18.5. The van der Waals surface area contributed by atoms with Crippen molar-refractivity contribution >= 4 is 55.9 Å². The van der Waals surface area contributed by atoms with E-state index < -0.39 is 6.03 Å². The third-order valence-electron chi connectivity index (χ3n) is 5.23. The number of rotatable bonds is 5. The molecule has 5 aromatic rings. The summed E-state index contributed by atoms with van der Waals surface area (Å²) in [5.74, 6) is 1.12. The maximum absolute atomic E-state index is 12.5. The van der Waals surface area contributed by atoms with Crippen LogP contribution in [0.4, 0.5) is 27.7 Å². The van der Waals surface area contributed by atoms with Gasteiger partial charge in [-0.3, -0.25) is 4.98 Å². The molecule has 0 aliphatic heterocycles. The first-order chi connectivity index (χ1) is 17.0. The summed E-state index contributed by atoms with van der Waals surface area (Å²) in [5.41, 5.74) is 4.02. The summed E-state index contributed by atoms with van der Waals surface area (Å²) >= 11 is 3.33. The zero-order chi connectivity index (χ0) is 24.4. The molecule has 0 unspecified atom stereocenters. The van der Waals surface area contributed by atoms with Crippen LogP contribution in [0, 0.1) is 0 Å². The Morgan fingerprint density at radius 3 is 2.69 bits per heavy atom. The lowest BCUT2D eigenvalue weighted by atomic mass is 10.2. The Bertz CT molecular complexity index is 1540. The van der Waals surface area contributed by atoms with Crippen LogP contribution in [-0.4, -0.2) is 30.7 Å². The predicted octanol–water partition coefficient (Wildman–Crippen LogP) is 5.89. The maximum Gasteiger partial charge on any atom is 0.323 e. The number of aromatic hydroxyl groups is 1. The number of urea groups is 1. The van der Waals surface area contributed by atoms with Gasteiger partial charge >= 0.3 is 6.03 Å². The van der Waals surface area contributed by atoms with Crippen molar-refractivity contribution in [3.8, 4) is 17.1 Å². The second-order valence-electron chi connectivity index (χ2n) is 7.74. The first-order valence-electron chi connectivity index (χ1n) is 10.6. The lowest BCUT2D eigenvalue weighted by molar-refractivity contribution is 0.262. The fraction of sp³-hybridized carbons (Fsp3) is 0.0400. The van der Waals surface area contributed by atoms with Crippen molar-refractivity contribution < 1.29 is 9.90 Å². The minimum absolute atomic E-state index is 0.0321. The quantitative estimate of drug-likeness (QED) is 0.211. The van der Waals surface area contributed by atoms with Gasteiger partial charge in [-0.2, -0.15) is 0 Å². The van der Waals surface area contributed by atoms with E-state index in [0.29, 0.717) is 17.3 Å². The Morgan fingerprint density at radius 1 is 1.00 bits per heavy atom. The number of amides is 2. The van der Waals surface area contributed by atoms with E-state index in [1.54, 1.807) is 36.7 Å². The van der Waals surface area contributed by atoms with Gasteiger partial charge in [0.1, 0.15) is 11.3 Å². The normalized spacial score (nSPS) is 10.8. The number of aryl methyl sites for hydroxylation is 1. The minimum atomic E-state index is -0.492. The predicted molar refractivity (Wildman–Crippen MR) is 140 cm³/mol. The molecule has 4 N–H and O–H groups in total. The Hall–Kier alpha value is -4.44. The summed E-state index contributed by atoms with van der Waals surface area (Å²) in [7, 11) is 1.94. The van der Waals surface area contributed by atoms with E-state index in [1.807, 2.05) is 48.1 Å². The highest BCUT2D eigenvalue weighted by Gasteiger charge is 2.14. The van der Waals surface area contributed by atoms with Crippen LogP contribution >= 0.6 is 15.9 Å². The van der Waals surface area contributed by atoms with Crippen LogP contribution in [0.3, 0.4) is 0 Å². The van der Waals surface area contributed by atoms with Crippen molar-refractivity contribution in [3.63, 3.8) is 0 Å². The fourth-order valence-corrected chi connectivity index (χ4v) is 3.97. The number of hydrogen-bond acceptors (Lipinski definition) is 6. The largest absolute Gasteiger partial charge is 0.506 e. The molecule has 5 rings (SSSR count). The average Bonchev–Trinajstić information content (AvgIpc) is 3.23. The summed E-state index contributed by atoms with van der Waals surface area (Å²) < 4.78 is 2.69. The van der Waals surface area contributed by atoms with Gasteiger partial charge in [-0.15, -0.1) is 0 Å². The summed E-state index contributed by atoms with van der Waals surface area (Å²) in [6, 6.07) is 17.2. The van der Waals surface area contributed by atoms with Gasteiger partial charge in [0.15, 0.2) is 11.6 Å². The number of hydrogen-bond donors (Lipinski definition) is 4. The molecule has 9 nitrogen and oxygen atoms in total. The molecule has 0 aliphatic rings. The SMILES string of the molecule is Cn1ccc2nc(-c3cccc(NC(=O)Nc4cc(Br)ccc4O)c3)nc(Nc3cccnc3)c21. The molecule has 2 amide bonds. The summed E-state index contributed by atoms with van der Waals surface area (Å²) in [6.45, 7) is 0. The van der Waals surface area contributed by atoms with Crippen molar-refractivity contribution in [2.45, 2.75) is 0 Å². The van der Waals surface area contributed by atoms with Crippen LogP contribution in [0.15, 0.2) is 83.7 Å². The van der Waals surface area contributed by atoms with Crippen LogP contribution in [-0.2, 0) is 7.05 Å². The number of phenolic OH excluding ortho intramolecular Hbond substituents is 1. The number of fused-ring (bicyclic) bond motifs is 1. The van der Waals surface area contributed by atoms with Crippen LogP contribution in [0.2, 0.25) is 0 Å². The maximum atomic E-state index is 12.5. The average molecular weight is 530 g/mol. The highest BCUT2D eigenvalue weighted by Crippen LogP contribution is 2.29. The molecular formula is C25H20BrN7O2. The van der Waals surface area contributed by atoms with Gasteiger partial charge in [-0.25, -0.2) is 14.8 Å². The second-order valence-corrected chi connectivity index (χ2v) is 8.66. The number of benzene rings is 2. The van der Waals surface area contributed by atoms with Crippen molar-refractivity contribution in [1.29, 1.82) is 0 Å². The fourth-order valence-electron chi connectivity index (χ4n) is 3.61. The number of carbonyl (C=O) groups is 1. The zero-order valence-corrected chi connectivity index (χ0v) is 20.1. The number of phenols is 1. The van der Waals surface area contributed by atoms with Gasteiger partial charge < -0.3 is 25.6 Å². The van der Waals surface area contributed by atoms with E-state index in [9.17, 15) is 9.90 Å². The molecule has 0 atom stereocenters. The number of nitrogens with zero attached hydrogens (tertiary/aromatic N) is 4. The minimum Gasteiger partial charge on any atom is -0.506 e. The molecule has 0 saturated heterocycles. The number of aromatic nitrogens is 4. The standard InChI is InChI=1S/C25H20BrN7O2/c1-33-11-9-19-22(33)24(28-18-6-3-10-27-14-18)32-23(30-19)15-4-2-5-17(12-15)29-25(35)31-20-13-16(26)7-8-21(20)34/h2-14,34H,1H3,(H,28,30,32)(H2,29,31,35). The first-order valence-corrected chi connectivity index (χ1v) is 11.4. The van der Waals surface area contributed by atoms with Gasteiger partial charge in [0.2, 0.25) is 0 Å². The molecule has 0 fully saturated rings. The Balaban J connectivity index is 1.43. The van der Waals surface area contributed by atoms with E-state index in [0.717, 1.165) is 26.8 Å². The summed E-state index contributed by atoms with van der Waals surface area (Å²) in [5, 5.41) is 18.7. The molecule has 0 saturated carbocycles. The van der Waals surface area contributed by atoms with Gasteiger partial charge in [-0.1, -0.05) is 28.1 Å². The van der Waals surface area contributed by atoms with E-state index in [1.165, 1.54) is 6.07 Å². The van der Waals surface area contributed by atoms with E-state index >= 15 is 0 Å². The monoisotopic (exact) mass is 529 g/mol. The molecule has 0 bridgehead atoms. The lowest BCUT2D eigenvalue weighted by Gasteiger charge is -2.12. The Morgan fingerprint density at radius 2 is 1.86 bits per heavy atom. The van der Waals surface area contributed by atoms with E-state index in [-0.39, 0.29) is 11.4 Å². The Kier molecular flexibility index (Phi) is 6.02.